The van der Waals surface area contributed by atoms with Crippen LogP contribution in [-0.2, 0) is 7.05 Å². The Hall–Kier alpha value is -1.36. The number of halogens is 1. The Morgan fingerprint density at radius 2 is 1.71 bits per heavy atom. The molecular formula is C14H15INO+. The second kappa shape index (κ2) is 6.39. The predicted octanol–water partition coefficient (Wildman–Crippen LogP) is 3.01. The lowest BCUT2D eigenvalue weighted by atomic mass is 10.1. The summed E-state index contributed by atoms with van der Waals surface area (Å²) >= 11 is 0. The first kappa shape index (κ1) is 13.7. The predicted molar refractivity (Wildman–Crippen MR) is 80.1 cm³/mol. The van der Waals surface area contributed by atoms with Crippen molar-refractivity contribution in [1.29, 1.82) is 0 Å². The Balaban J connectivity index is 0.00000144. The maximum absolute atomic E-state index is 9.60. The topological polar surface area (TPSA) is 24.1 Å². The first-order valence-corrected chi connectivity index (χ1v) is 5.18. The van der Waals surface area contributed by atoms with Gasteiger partial charge in [0.05, 0.1) is 0 Å². The van der Waals surface area contributed by atoms with Crippen LogP contribution in [0.4, 0.5) is 0 Å². The third-order valence-corrected chi connectivity index (χ3v) is 2.47. The molecule has 0 amide bonds. The van der Waals surface area contributed by atoms with E-state index in [1.807, 2.05) is 66.4 Å². The molecule has 2 nitrogen and oxygen atoms in total. The number of hydrogen-bond donors (Lipinski definition) is 1. The lowest BCUT2D eigenvalue weighted by Crippen LogP contribution is -2.30. The van der Waals surface area contributed by atoms with Crippen LogP contribution in [0.15, 0.2) is 48.7 Å². The van der Waals surface area contributed by atoms with Crippen molar-refractivity contribution < 1.29 is 9.67 Å². The molecule has 17 heavy (non-hydrogen) atoms. The number of aryl methyl sites for hydroxylation is 1. The summed E-state index contributed by atoms with van der Waals surface area (Å²) in [5, 5.41) is 9.60. The number of aromatic nitrogens is 1. The normalized spacial score (nSPS) is 10.2. The summed E-state index contributed by atoms with van der Waals surface area (Å²) in [5.41, 5.74) is 1.91. The van der Waals surface area contributed by atoms with E-state index in [0.717, 1.165) is 11.3 Å². The number of phenols is 1. The molecule has 0 atom stereocenters. The number of hydrogen-bond acceptors (Lipinski definition) is 1. The van der Waals surface area contributed by atoms with Gasteiger partial charge in [0.25, 0.3) is 0 Å². The van der Waals surface area contributed by atoms with Crippen LogP contribution >= 0.6 is 24.0 Å². The van der Waals surface area contributed by atoms with Gasteiger partial charge in [-0.3, -0.25) is 0 Å². The fourth-order valence-corrected chi connectivity index (χ4v) is 1.51. The SMILES string of the molecule is C[n+]1ccccc1C=Cc1ccccc1O.I. The Morgan fingerprint density at radius 3 is 2.41 bits per heavy atom. The molecule has 0 saturated carbocycles. The van der Waals surface area contributed by atoms with Crippen LogP contribution < -0.4 is 4.57 Å². The molecule has 0 aliphatic carbocycles. The summed E-state index contributed by atoms with van der Waals surface area (Å²) in [7, 11) is 1.99. The van der Waals surface area contributed by atoms with Gasteiger partial charge in [-0.1, -0.05) is 18.2 Å². The maximum Gasteiger partial charge on any atom is 0.204 e. The van der Waals surface area contributed by atoms with E-state index in [-0.39, 0.29) is 24.0 Å². The quantitative estimate of drug-likeness (QED) is 0.660. The summed E-state index contributed by atoms with van der Waals surface area (Å²) in [5.74, 6) is 0.303. The van der Waals surface area contributed by atoms with Gasteiger partial charge in [0.15, 0.2) is 6.20 Å². The third-order valence-electron chi connectivity index (χ3n) is 2.47. The molecule has 2 rings (SSSR count). The van der Waals surface area contributed by atoms with Crippen molar-refractivity contribution in [2.45, 2.75) is 0 Å². The lowest BCUT2D eigenvalue weighted by Gasteiger charge is -1.97. The fraction of sp³-hybridized carbons (Fsp3) is 0.0714. The third kappa shape index (κ3) is 3.56. The maximum atomic E-state index is 9.60. The molecule has 3 heteroatoms. The van der Waals surface area contributed by atoms with Crippen LogP contribution in [0.1, 0.15) is 11.3 Å². The largest absolute Gasteiger partial charge is 0.507 e. The minimum Gasteiger partial charge on any atom is -0.507 e. The van der Waals surface area contributed by atoms with Crippen LogP contribution in [0.3, 0.4) is 0 Å². The highest BCUT2D eigenvalue weighted by Gasteiger charge is 2.00. The first-order chi connectivity index (χ1) is 7.77. The van der Waals surface area contributed by atoms with Gasteiger partial charge in [-0.15, -0.1) is 24.0 Å². The van der Waals surface area contributed by atoms with E-state index in [4.69, 9.17) is 0 Å². The molecule has 1 N–H and O–H groups in total. The Morgan fingerprint density at radius 1 is 1.00 bits per heavy atom. The van der Waals surface area contributed by atoms with Gasteiger partial charge in [-0.25, -0.2) is 4.57 Å². The van der Waals surface area contributed by atoms with Crippen molar-refractivity contribution >= 4 is 36.1 Å². The Bertz CT molecular complexity index is 476. The molecule has 0 spiro atoms. The van der Waals surface area contributed by atoms with E-state index in [1.165, 1.54) is 0 Å². The first-order valence-electron chi connectivity index (χ1n) is 5.18. The number of para-hydroxylation sites is 1. The zero-order chi connectivity index (χ0) is 11.4. The minimum atomic E-state index is 0. The van der Waals surface area contributed by atoms with Gasteiger partial charge in [0.1, 0.15) is 12.8 Å². The minimum absolute atomic E-state index is 0. The van der Waals surface area contributed by atoms with Crippen molar-refractivity contribution in [2.75, 3.05) is 0 Å². The summed E-state index contributed by atoms with van der Waals surface area (Å²) in [6.45, 7) is 0. The van der Waals surface area contributed by atoms with Gasteiger partial charge in [0, 0.05) is 23.8 Å². The number of aromatic hydroxyl groups is 1. The van der Waals surface area contributed by atoms with Crippen molar-refractivity contribution in [3.05, 3.63) is 59.9 Å². The highest BCUT2D eigenvalue weighted by atomic mass is 127. The van der Waals surface area contributed by atoms with Gasteiger partial charge in [-0.2, -0.15) is 0 Å². The van der Waals surface area contributed by atoms with Crippen LogP contribution in [0.2, 0.25) is 0 Å². The Kier molecular flexibility index (Phi) is 5.15. The van der Waals surface area contributed by atoms with Gasteiger partial charge >= 0.3 is 0 Å². The molecular weight excluding hydrogens is 325 g/mol. The van der Waals surface area contributed by atoms with Gasteiger partial charge < -0.3 is 5.11 Å². The number of benzene rings is 1. The molecule has 88 valence electrons. The van der Waals surface area contributed by atoms with E-state index < -0.39 is 0 Å². The molecule has 1 aromatic carbocycles. The number of rotatable bonds is 2. The van der Waals surface area contributed by atoms with E-state index in [2.05, 4.69) is 0 Å². The average Bonchev–Trinajstić information content (AvgIpc) is 2.30. The van der Waals surface area contributed by atoms with Gasteiger partial charge in [0.2, 0.25) is 5.69 Å². The highest BCUT2D eigenvalue weighted by Crippen LogP contribution is 2.17. The molecule has 0 aliphatic heterocycles. The molecule has 2 aromatic rings. The lowest BCUT2D eigenvalue weighted by molar-refractivity contribution is -0.673. The summed E-state index contributed by atoms with van der Waals surface area (Å²) in [4.78, 5) is 0. The molecule has 0 aliphatic rings. The van der Waals surface area contributed by atoms with E-state index >= 15 is 0 Å². The van der Waals surface area contributed by atoms with E-state index in [1.54, 1.807) is 6.07 Å². The summed E-state index contributed by atoms with van der Waals surface area (Å²) in [6.07, 6.45) is 5.88. The summed E-state index contributed by atoms with van der Waals surface area (Å²) < 4.78 is 2.02. The molecule has 1 heterocycles. The van der Waals surface area contributed by atoms with Crippen LogP contribution in [0.25, 0.3) is 12.2 Å². The fourth-order valence-electron chi connectivity index (χ4n) is 1.51. The Labute approximate surface area is 118 Å². The van der Waals surface area contributed by atoms with E-state index in [0.29, 0.717) is 5.75 Å². The standard InChI is InChI=1S/C14H13NO.HI/c1-15-11-5-4-7-13(15)10-9-12-6-2-3-8-14(12)16;/h2-11H,1H3;1H/p+1. The molecule has 0 fully saturated rings. The highest BCUT2D eigenvalue weighted by molar-refractivity contribution is 14.0. The molecule has 0 unspecified atom stereocenters. The molecule has 0 radical (unpaired) electrons. The van der Waals surface area contributed by atoms with Crippen molar-refractivity contribution in [3.8, 4) is 5.75 Å². The van der Waals surface area contributed by atoms with Crippen LogP contribution in [-0.4, -0.2) is 5.11 Å². The van der Waals surface area contributed by atoms with Crippen LogP contribution in [0.5, 0.6) is 5.75 Å². The molecule has 1 aromatic heterocycles. The van der Waals surface area contributed by atoms with Crippen molar-refractivity contribution in [3.63, 3.8) is 0 Å². The second-order valence-electron chi connectivity index (χ2n) is 3.63. The summed E-state index contributed by atoms with van der Waals surface area (Å²) in [6, 6.07) is 13.3. The van der Waals surface area contributed by atoms with Gasteiger partial charge in [-0.05, 0) is 18.2 Å². The van der Waals surface area contributed by atoms with Crippen LogP contribution in [0, 0.1) is 0 Å². The zero-order valence-corrected chi connectivity index (χ0v) is 11.9. The monoisotopic (exact) mass is 340 g/mol. The number of nitrogens with zero attached hydrogens (tertiary/aromatic N) is 1. The molecule has 0 bridgehead atoms. The zero-order valence-electron chi connectivity index (χ0n) is 9.58. The smallest absolute Gasteiger partial charge is 0.204 e. The second-order valence-corrected chi connectivity index (χ2v) is 3.63. The van der Waals surface area contributed by atoms with E-state index in [9.17, 15) is 5.11 Å². The van der Waals surface area contributed by atoms with Crippen molar-refractivity contribution in [1.82, 2.24) is 0 Å². The molecule has 0 saturated heterocycles. The average molecular weight is 340 g/mol. The number of pyridine rings is 1. The van der Waals surface area contributed by atoms with Crippen molar-refractivity contribution in [2.24, 2.45) is 7.05 Å². The number of phenolic OH excluding ortho intramolecular Hbond substituents is 1.